The highest BCUT2D eigenvalue weighted by atomic mass is 16.4. The lowest BCUT2D eigenvalue weighted by Crippen LogP contribution is -2.52. The molecule has 1 fully saturated rings. The number of amides is 1. The predicted octanol–water partition coefficient (Wildman–Crippen LogP) is 0.738. The van der Waals surface area contributed by atoms with Gasteiger partial charge in [0.25, 0.3) is 0 Å². The Kier molecular flexibility index (Phi) is 2.57. The van der Waals surface area contributed by atoms with Crippen molar-refractivity contribution in [1.82, 2.24) is 10.2 Å². The Hall–Kier alpha value is -0.770. The SMILES string of the molecule is CN1CCC(C)(NC(=O)O)CC1. The summed E-state index contributed by atoms with van der Waals surface area (Å²) in [6.07, 6.45) is 0.882. The fourth-order valence-electron chi connectivity index (χ4n) is 1.50. The maximum atomic E-state index is 10.4. The van der Waals surface area contributed by atoms with E-state index in [4.69, 9.17) is 5.11 Å². The van der Waals surface area contributed by atoms with Gasteiger partial charge < -0.3 is 15.3 Å². The van der Waals surface area contributed by atoms with Crippen LogP contribution in [-0.4, -0.2) is 41.8 Å². The van der Waals surface area contributed by atoms with Gasteiger partial charge in [0.1, 0.15) is 0 Å². The Morgan fingerprint density at radius 3 is 2.42 bits per heavy atom. The summed E-state index contributed by atoms with van der Waals surface area (Å²) in [4.78, 5) is 12.6. The van der Waals surface area contributed by atoms with E-state index in [0.29, 0.717) is 0 Å². The first-order chi connectivity index (χ1) is 5.52. The molecule has 1 rings (SSSR count). The van der Waals surface area contributed by atoms with Crippen molar-refractivity contribution in [3.8, 4) is 0 Å². The molecule has 0 aromatic carbocycles. The molecule has 0 aliphatic carbocycles. The molecule has 0 bridgehead atoms. The van der Waals surface area contributed by atoms with Crippen LogP contribution in [0.1, 0.15) is 19.8 Å². The molecule has 12 heavy (non-hydrogen) atoms. The Morgan fingerprint density at radius 1 is 1.50 bits per heavy atom. The molecule has 0 aromatic rings. The van der Waals surface area contributed by atoms with Crippen LogP contribution in [0.15, 0.2) is 0 Å². The van der Waals surface area contributed by atoms with Gasteiger partial charge in [0.05, 0.1) is 0 Å². The third kappa shape index (κ3) is 2.37. The van der Waals surface area contributed by atoms with Crippen LogP contribution in [0.3, 0.4) is 0 Å². The summed E-state index contributed by atoms with van der Waals surface area (Å²) in [6, 6.07) is 0. The van der Waals surface area contributed by atoms with Gasteiger partial charge in [0.15, 0.2) is 0 Å². The molecule has 1 saturated heterocycles. The van der Waals surface area contributed by atoms with Crippen molar-refractivity contribution < 1.29 is 9.90 Å². The van der Waals surface area contributed by atoms with Gasteiger partial charge in [-0.25, -0.2) is 4.79 Å². The van der Waals surface area contributed by atoms with Gasteiger partial charge >= 0.3 is 6.09 Å². The number of hydrogen-bond donors (Lipinski definition) is 2. The molecule has 0 aromatic heterocycles. The third-order valence-electron chi connectivity index (χ3n) is 2.50. The molecule has 0 radical (unpaired) electrons. The van der Waals surface area contributed by atoms with Crippen molar-refractivity contribution in [2.24, 2.45) is 0 Å². The van der Waals surface area contributed by atoms with Crippen LogP contribution in [0.5, 0.6) is 0 Å². The number of rotatable bonds is 1. The molecule has 0 atom stereocenters. The number of carbonyl (C=O) groups is 1. The lowest BCUT2D eigenvalue weighted by Gasteiger charge is -2.37. The monoisotopic (exact) mass is 172 g/mol. The first-order valence-corrected chi connectivity index (χ1v) is 4.21. The Bertz CT molecular complexity index is 174. The van der Waals surface area contributed by atoms with E-state index >= 15 is 0 Å². The smallest absolute Gasteiger partial charge is 0.405 e. The highest BCUT2D eigenvalue weighted by Crippen LogP contribution is 2.20. The molecular formula is C8H16N2O2. The van der Waals surface area contributed by atoms with Crippen LogP contribution in [0.2, 0.25) is 0 Å². The van der Waals surface area contributed by atoms with Crippen molar-refractivity contribution in [3.63, 3.8) is 0 Å². The normalized spacial score (nSPS) is 23.5. The minimum Gasteiger partial charge on any atom is -0.465 e. The summed E-state index contributed by atoms with van der Waals surface area (Å²) < 4.78 is 0. The maximum Gasteiger partial charge on any atom is 0.405 e. The van der Waals surface area contributed by atoms with Gasteiger partial charge in [-0.05, 0) is 26.8 Å². The largest absolute Gasteiger partial charge is 0.465 e. The van der Waals surface area contributed by atoms with Crippen molar-refractivity contribution in [2.75, 3.05) is 20.1 Å². The molecule has 1 heterocycles. The second-order valence-electron chi connectivity index (χ2n) is 3.79. The summed E-state index contributed by atoms with van der Waals surface area (Å²) in [5.74, 6) is 0. The zero-order chi connectivity index (χ0) is 9.19. The van der Waals surface area contributed by atoms with Gasteiger partial charge in [-0.2, -0.15) is 0 Å². The van der Waals surface area contributed by atoms with Crippen LogP contribution in [0.25, 0.3) is 0 Å². The number of nitrogens with one attached hydrogen (secondary N) is 1. The molecule has 0 saturated carbocycles. The van der Waals surface area contributed by atoms with Gasteiger partial charge in [-0.1, -0.05) is 0 Å². The van der Waals surface area contributed by atoms with Gasteiger partial charge in [0, 0.05) is 18.6 Å². The Balaban J connectivity index is 2.44. The molecule has 70 valence electrons. The van der Waals surface area contributed by atoms with Crippen molar-refractivity contribution >= 4 is 6.09 Å². The van der Waals surface area contributed by atoms with Crippen molar-refractivity contribution in [3.05, 3.63) is 0 Å². The molecule has 1 amide bonds. The second-order valence-corrected chi connectivity index (χ2v) is 3.79. The lowest BCUT2D eigenvalue weighted by atomic mass is 9.90. The molecule has 4 nitrogen and oxygen atoms in total. The lowest BCUT2D eigenvalue weighted by molar-refractivity contribution is 0.145. The van der Waals surface area contributed by atoms with Crippen molar-refractivity contribution in [2.45, 2.75) is 25.3 Å². The van der Waals surface area contributed by atoms with E-state index in [2.05, 4.69) is 17.3 Å². The summed E-state index contributed by atoms with van der Waals surface area (Å²) in [5, 5.41) is 11.1. The number of nitrogens with zero attached hydrogens (tertiary/aromatic N) is 1. The van der Waals surface area contributed by atoms with Crippen molar-refractivity contribution in [1.29, 1.82) is 0 Å². The third-order valence-corrected chi connectivity index (χ3v) is 2.50. The zero-order valence-electron chi connectivity index (χ0n) is 7.63. The number of hydrogen-bond acceptors (Lipinski definition) is 2. The fraction of sp³-hybridized carbons (Fsp3) is 0.875. The summed E-state index contributed by atoms with van der Waals surface area (Å²) in [7, 11) is 2.06. The highest BCUT2D eigenvalue weighted by molar-refractivity contribution is 5.65. The Labute approximate surface area is 72.6 Å². The molecule has 0 spiro atoms. The number of carboxylic acid groups (broad SMARTS) is 1. The average Bonchev–Trinajstić information content (AvgIpc) is 1.94. The minimum atomic E-state index is -0.915. The van der Waals surface area contributed by atoms with Crippen LogP contribution >= 0.6 is 0 Å². The first kappa shape index (κ1) is 9.32. The molecule has 1 aliphatic heterocycles. The second kappa shape index (κ2) is 3.31. The van der Waals surface area contributed by atoms with E-state index in [-0.39, 0.29) is 5.54 Å². The van der Waals surface area contributed by atoms with Crippen LogP contribution in [0, 0.1) is 0 Å². The Morgan fingerprint density at radius 2 is 2.00 bits per heavy atom. The van der Waals surface area contributed by atoms with Crippen LogP contribution in [-0.2, 0) is 0 Å². The minimum absolute atomic E-state index is 0.210. The summed E-state index contributed by atoms with van der Waals surface area (Å²) in [5.41, 5.74) is -0.210. The fourth-order valence-corrected chi connectivity index (χ4v) is 1.50. The molecule has 4 heteroatoms. The molecule has 1 aliphatic rings. The summed E-state index contributed by atoms with van der Waals surface area (Å²) >= 11 is 0. The van der Waals surface area contributed by atoms with Gasteiger partial charge in [0.2, 0.25) is 0 Å². The van der Waals surface area contributed by atoms with E-state index in [1.54, 1.807) is 0 Å². The van der Waals surface area contributed by atoms with Crippen LogP contribution < -0.4 is 5.32 Å². The zero-order valence-corrected chi connectivity index (χ0v) is 7.63. The van der Waals surface area contributed by atoms with E-state index in [1.807, 2.05) is 6.92 Å². The standard InChI is InChI=1S/C8H16N2O2/c1-8(9-7(11)12)3-5-10(2)6-4-8/h9H,3-6H2,1-2H3,(H,11,12). The molecular weight excluding hydrogens is 156 g/mol. The van der Waals surface area contributed by atoms with E-state index in [0.717, 1.165) is 25.9 Å². The maximum absolute atomic E-state index is 10.4. The molecule has 0 unspecified atom stereocenters. The first-order valence-electron chi connectivity index (χ1n) is 4.21. The molecule has 2 N–H and O–H groups in total. The topological polar surface area (TPSA) is 52.6 Å². The van der Waals surface area contributed by atoms with E-state index < -0.39 is 6.09 Å². The predicted molar refractivity (Wildman–Crippen MR) is 46.3 cm³/mol. The quantitative estimate of drug-likeness (QED) is 0.613. The average molecular weight is 172 g/mol. The van der Waals surface area contributed by atoms with Crippen LogP contribution in [0.4, 0.5) is 4.79 Å². The summed E-state index contributed by atoms with van der Waals surface area (Å²) in [6.45, 7) is 3.90. The number of piperidine rings is 1. The highest BCUT2D eigenvalue weighted by Gasteiger charge is 2.29. The van der Waals surface area contributed by atoms with E-state index in [1.165, 1.54) is 0 Å². The van der Waals surface area contributed by atoms with Gasteiger partial charge in [-0.15, -0.1) is 0 Å². The van der Waals surface area contributed by atoms with E-state index in [9.17, 15) is 4.79 Å². The number of likely N-dealkylation sites (tertiary alicyclic amines) is 1. The van der Waals surface area contributed by atoms with Gasteiger partial charge in [-0.3, -0.25) is 0 Å².